The van der Waals surface area contributed by atoms with E-state index in [4.69, 9.17) is 0 Å². The lowest BCUT2D eigenvalue weighted by atomic mass is 10.1. The molecule has 0 aliphatic heterocycles. The first-order chi connectivity index (χ1) is 12.5. The highest BCUT2D eigenvalue weighted by atomic mass is 79.9. The van der Waals surface area contributed by atoms with Gasteiger partial charge in [-0.25, -0.2) is 0 Å². The summed E-state index contributed by atoms with van der Waals surface area (Å²) in [4.78, 5) is 12.2. The summed E-state index contributed by atoms with van der Waals surface area (Å²) in [6.45, 7) is 5.28. The van der Waals surface area contributed by atoms with Gasteiger partial charge in [-0.3, -0.25) is 9.48 Å². The third-order valence-corrected chi connectivity index (χ3v) is 4.98. The van der Waals surface area contributed by atoms with Crippen LogP contribution in [0.2, 0.25) is 0 Å². The summed E-state index contributed by atoms with van der Waals surface area (Å²) in [7, 11) is 0. The molecule has 4 nitrogen and oxygen atoms in total. The minimum Gasteiger partial charge on any atom is -0.352 e. The van der Waals surface area contributed by atoms with Gasteiger partial charge in [0.1, 0.15) is 0 Å². The van der Waals surface area contributed by atoms with Crippen molar-refractivity contribution in [3.05, 3.63) is 87.1 Å². The molecule has 0 saturated heterocycles. The normalized spacial score (nSPS) is 10.7. The van der Waals surface area contributed by atoms with Gasteiger partial charge >= 0.3 is 0 Å². The van der Waals surface area contributed by atoms with E-state index in [1.165, 1.54) is 5.56 Å². The van der Waals surface area contributed by atoms with Gasteiger partial charge in [0.15, 0.2) is 0 Å². The van der Waals surface area contributed by atoms with E-state index >= 15 is 0 Å². The molecule has 0 bridgehead atoms. The summed E-state index contributed by atoms with van der Waals surface area (Å²) in [6.07, 6.45) is 0.378. The van der Waals surface area contributed by atoms with Gasteiger partial charge in [0.25, 0.3) is 0 Å². The molecule has 3 aromatic rings. The fourth-order valence-electron chi connectivity index (χ4n) is 2.94. The summed E-state index contributed by atoms with van der Waals surface area (Å²) in [6, 6.07) is 18.1. The Kier molecular flexibility index (Phi) is 5.89. The van der Waals surface area contributed by atoms with Crippen molar-refractivity contribution in [1.29, 1.82) is 0 Å². The Labute approximate surface area is 162 Å². The predicted octanol–water partition coefficient (Wildman–Crippen LogP) is 4.17. The SMILES string of the molecule is Cc1nn(Cc2ccccc2)c(C)c1CNC(=O)Cc1ccc(Br)cc1. The van der Waals surface area contributed by atoms with Gasteiger partial charge in [-0.05, 0) is 37.1 Å². The van der Waals surface area contributed by atoms with Crippen molar-refractivity contribution in [3.63, 3.8) is 0 Å². The lowest BCUT2D eigenvalue weighted by Gasteiger charge is -2.08. The standard InChI is InChI=1S/C21H22BrN3O/c1-15-20(13-23-21(26)12-17-8-10-19(22)11-9-17)16(2)25(24-15)14-18-6-4-3-5-7-18/h3-11H,12-14H2,1-2H3,(H,23,26). The molecule has 0 fully saturated rings. The molecule has 1 amide bonds. The Morgan fingerprint density at radius 3 is 2.42 bits per heavy atom. The zero-order valence-electron chi connectivity index (χ0n) is 15.0. The smallest absolute Gasteiger partial charge is 0.224 e. The van der Waals surface area contributed by atoms with Gasteiger partial charge in [0.2, 0.25) is 5.91 Å². The summed E-state index contributed by atoms with van der Waals surface area (Å²) in [5.74, 6) is 0.0157. The number of amides is 1. The fourth-order valence-corrected chi connectivity index (χ4v) is 3.20. The van der Waals surface area contributed by atoms with Gasteiger partial charge in [-0.1, -0.05) is 58.4 Å². The molecule has 2 aromatic carbocycles. The first-order valence-corrected chi connectivity index (χ1v) is 9.40. The Bertz CT molecular complexity index is 886. The maximum Gasteiger partial charge on any atom is 0.224 e. The maximum atomic E-state index is 12.2. The number of nitrogens with one attached hydrogen (secondary N) is 1. The minimum atomic E-state index is 0.0157. The number of hydrogen-bond acceptors (Lipinski definition) is 2. The number of hydrogen-bond donors (Lipinski definition) is 1. The maximum absolute atomic E-state index is 12.2. The monoisotopic (exact) mass is 411 g/mol. The van der Waals surface area contributed by atoms with Crippen LogP contribution in [-0.4, -0.2) is 15.7 Å². The van der Waals surface area contributed by atoms with Gasteiger partial charge in [0, 0.05) is 22.3 Å². The molecule has 1 aromatic heterocycles. The zero-order chi connectivity index (χ0) is 18.5. The molecule has 0 aliphatic rings. The van der Waals surface area contributed by atoms with Gasteiger partial charge in [-0.15, -0.1) is 0 Å². The molecule has 0 unspecified atom stereocenters. The number of aryl methyl sites for hydroxylation is 1. The predicted molar refractivity (Wildman–Crippen MR) is 107 cm³/mol. The lowest BCUT2D eigenvalue weighted by Crippen LogP contribution is -2.25. The van der Waals surface area contributed by atoms with E-state index in [0.29, 0.717) is 13.0 Å². The highest BCUT2D eigenvalue weighted by Crippen LogP contribution is 2.15. The molecular weight excluding hydrogens is 390 g/mol. The van der Waals surface area contributed by atoms with Crippen molar-refractivity contribution >= 4 is 21.8 Å². The van der Waals surface area contributed by atoms with Crippen molar-refractivity contribution in [1.82, 2.24) is 15.1 Å². The van der Waals surface area contributed by atoms with Crippen LogP contribution >= 0.6 is 15.9 Å². The molecule has 1 N–H and O–H groups in total. The molecular formula is C21H22BrN3O. The number of benzene rings is 2. The second-order valence-electron chi connectivity index (χ2n) is 6.37. The Morgan fingerprint density at radius 2 is 1.73 bits per heavy atom. The lowest BCUT2D eigenvalue weighted by molar-refractivity contribution is -0.120. The van der Waals surface area contributed by atoms with E-state index < -0.39 is 0 Å². The van der Waals surface area contributed by atoms with Crippen molar-refractivity contribution in [3.8, 4) is 0 Å². The van der Waals surface area contributed by atoms with Crippen molar-refractivity contribution < 1.29 is 4.79 Å². The minimum absolute atomic E-state index is 0.0157. The number of halogens is 1. The summed E-state index contributed by atoms with van der Waals surface area (Å²) >= 11 is 3.41. The quantitative estimate of drug-likeness (QED) is 0.661. The number of aromatic nitrogens is 2. The topological polar surface area (TPSA) is 46.9 Å². The van der Waals surface area contributed by atoms with E-state index in [1.807, 2.05) is 54.1 Å². The molecule has 1 heterocycles. The van der Waals surface area contributed by atoms with Crippen molar-refractivity contribution in [2.45, 2.75) is 33.4 Å². The van der Waals surface area contributed by atoms with Crippen molar-refractivity contribution in [2.24, 2.45) is 0 Å². The molecule has 0 aliphatic carbocycles. The Morgan fingerprint density at radius 1 is 1.04 bits per heavy atom. The highest BCUT2D eigenvalue weighted by Gasteiger charge is 2.13. The van der Waals surface area contributed by atoms with Gasteiger partial charge in [0.05, 0.1) is 18.7 Å². The summed E-state index contributed by atoms with van der Waals surface area (Å²) in [5.41, 5.74) is 5.35. The summed E-state index contributed by atoms with van der Waals surface area (Å²) in [5, 5.41) is 7.65. The van der Waals surface area contributed by atoms with Gasteiger partial charge in [-0.2, -0.15) is 5.10 Å². The van der Waals surface area contributed by atoms with E-state index in [-0.39, 0.29) is 5.91 Å². The van der Waals surface area contributed by atoms with E-state index in [0.717, 1.165) is 33.5 Å². The van der Waals surface area contributed by atoms with Crippen LogP contribution in [0.25, 0.3) is 0 Å². The molecule has 26 heavy (non-hydrogen) atoms. The van der Waals surface area contributed by atoms with Crippen LogP contribution in [0.15, 0.2) is 59.1 Å². The van der Waals surface area contributed by atoms with Crippen LogP contribution < -0.4 is 5.32 Å². The van der Waals surface area contributed by atoms with Crippen LogP contribution in [0.1, 0.15) is 28.1 Å². The second kappa shape index (κ2) is 8.32. The molecule has 0 radical (unpaired) electrons. The molecule has 0 saturated carbocycles. The largest absolute Gasteiger partial charge is 0.352 e. The van der Waals surface area contributed by atoms with Crippen LogP contribution in [-0.2, 0) is 24.3 Å². The molecule has 3 rings (SSSR count). The molecule has 5 heteroatoms. The van der Waals surface area contributed by atoms with E-state index in [9.17, 15) is 4.79 Å². The van der Waals surface area contributed by atoms with Gasteiger partial charge < -0.3 is 5.32 Å². The zero-order valence-corrected chi connectivity index (χ0v) is 16.6. The molecule has 0 spiro atoms. The fraction of sp³-hybridized carbons (Fsp3) is 0.238. The number of carbonyl (C=O) groups is 1. The molecule has 134 valence electrons. The average Bonchev–Trinajstić information content (AvgIpc) is 2.89. The van der Waals surface area contributed by atoms with Crippen LogP contribution in [0.4, 0.5) is 0 Å². The summed E-state index contributed by atoms with van der Waals surface area (Å²) < 4.78 is 3.01. The first kappa shape index (κ1) is 18.4. The Hall–Kier alpha value is -2.40. The molecule has 0 atom stereocenters. The van der Waals surface area contributed by atoms with E-state index in [1.54, 1.807) is 0 Å². The highest BCUT2D eigenvalue weighted by molar-refractivity contribution is 9.10. The number of rotatable bonds is 6. The number of nitrogens with zero attached hydrogens (tertiary/aromatic N) is 2. The van der Waals surface area contributed by atoms with Crippen LogP contribution in [0.3, 0.4) is 0 Å². The first-order valence-electron chi connectivity index (χ1n) is 8.61. The second-order valence-corrected chi connectivity index (χ2v) is 7.29. The Balaban J connectivity index is 1.62. The third kappa shape index (κ3) is 4.61. The third-order valence-electron chi connectivity index (χ3n) is 4.45. The average molecular weight is 412 g/mol. The van der Waals surface area contributed by atoms with Crippen molar-refractivity contribution in [2.75, 3.05) is 0 Å². The number of carbonyl (C=O) groups excluding carboxylic acids is 1. The van der Waals surface area contributed by atoms with E-state index in [2.05, 4.69) is 45.4 Å². The van der Waals surface area contributed by atoms with Crippen LogP contribution in [0.5, 0.6) is 0 Å². The van der Waals surface area contributed by atoms with Crippen LogP contribution in [0, 0.1) is 13.8 Å².